The van der Waals surface area contributed by atoms with E-state index in [9.17, 15) is 4.79 Å². The van der Waals surface area contributed by atoms with E-state index in [0.717, 1.165) is 37.1 Å². The van der Waals surface area contributed by atoms with Crippen molar-refractivity contribution in [2.24, 2.45) is 0 Å². The van der Waals surface area contributed by atoms with Crippen LogP contribution in [0.1, 0.15) is 31.2 Å². The van der Waals surface area contributed by atoms with E-state index in [4.69, 9.17) is 9.84 Å². The van der Waals surface area contributed by atoms with Crippen LogP contribution in [0.4, 0.5) is 5.69 Å². The number of carbonyl (C=O) groups excluding carboxylic acids is 1. The Labute approximate surface area is 107 Å². The van der Waals surface area contributed by atoms with Crippen LogP contribution in [-0.2, 0) is 16.1 Å². The Bertz CT molecular complexity index is 383. The Hall–Kier alpha value is -1.39. The lowest BCUT2D eigenvalue weighted by Gasteiger charge is -2.09. The van der Waals surface area contributed by atoms with Gasteiger partial charge < -0.3 is 15.2 Å². The third-order valence-corrected chi connectivity index (χ3v) is 3.14. The lowest BCUT2D eigenvalue weighted by Crippen LogP contribution is -2.15. The fourth-order valence-electron chi connectivity index (χ4n) is 2.08. The van der Waals surface area contributed by atoms with Crippen molar-refractivity contribution in [2.45, 2.75) is 38.4 Å². The average molecular weight is 249 g/mol. The lowest BCUT2D eigenvalue weighted by atomic mass is 10.1. The van der Waals surface area contributed by atoms with Gasteiger partial charge in [-0.25, -0.2) is 0 Å². The predicted molar refractivity (Wildman–Crippen MR) is 69.2 cm³/mol. The number of anilines is 1. The Morgan fingerprint density at radius 1 is 1.39 bits per heavy atom. The molecule has 1 atom stereocenters. The van der Waals surface area contributed by atoms with Crippen molar-refractivity contribution in [1.29, 1.82) is 0 Å². The highest BCUT2D eigenvalue weighted by molar-refractivity contribution is 5.90. The summed E-state index contributed by atoms with van der Waals surface area (Å²) in [5, 5.41) is 11.8. The van der Waals surface area contributed by atoms with Crippen molar-refractivity contribution in [3.05, 3.63) is 29.8 Å². The van der Waals surface area contributed by atoms with Crippen molar-refractivity contribution >= 4 is 11.6 Å². The molecule has 0 radical (unpaired) electrons. The monoisotopic (exact) mass is 249 g/mol. The Kier molecular flexibility index (Phi) is 4.73. The van der Waals surface area contributed by atoms with Gasteiger partial charge in [0, 0.05) is 18.7 Å². The highest BCUT2D eigenvalue weighted by Crippen LogP contribution is 2.17. The predicted octanol–water partition coefficient (Wildman–Crippen LogP) is 2.08. The van der Waals surface area contributed by atoms with Gasteiger partial charge in [-0.3, -0.25) is 4.79 Å². The molecule has 98 valence electrons. The molecule has 1 fully saturated rings. The van der Waals surface area contributed by atoms with Gasteiger partial charge >= 0.3 is 0 Å². The molecule has 1 amide bonds. The third-order valence-electron chi connectivity index (χ3n) is 3.14. The molecule has 1 aromatic carbocycles. The molecular formula is C14H19NO3. The van der Waals surface area contributed by atoms with Crippen LogP contribution in [0.25, 0.3) is 0 Å². The molecule has 2 rings (SSSR count). The van der Waals surface area contributed by atoms with E-state index in [1.54, 1.807) is 24.3 Å². The van der Waals surface area contributed by atoms with Gasteiger partial charge in [0.25, 0.3) is 0 Å². The van der Waals surface area contributed by atoms with Crippen LogP contribution in [0.2, 0.25) is 0 Å². The summed E-state index contributed by atoms with van der Waals surface area (Å²) in [4.78, 5) is 11.7. The number of carbonyl (C=O) groups is 1. The Morgan fingerprint density at radius 3 is 2.78 bits per heavy atom. The number of rotatable bonds is 5. The molecule has 1 aromatic rings. The number of ether oxygens (including phenoxy) is 1. The van der Waals surface area contributed by atoms with Crippen LogP contribution in [-0.4, -0.2) is 23.7 Å². The average Bonchev–Trinajstić information content (AvgIpc) is 2.90. The minimum atomic E-state index is 0.0160. The zero-order chi connectivity index (χ0) is 12.8. The number of amides is 1. The molecule has 4 nitrogen and oxygen atoms in total. The Balaban J connectivity index is 1.75. The fraction of sp³-hybridized carbons (Fsp3) is 0.500. The maximum absolute atomic E-state index is 11.7. The van der Waals surface area contributed by atoms with Crippen LogP contribution in [0.3, 0.4) is 0 Å². The smallest absolute Gasteiger partial charge is 0.224 e. The van der Waals surface area contributed by atoms with E-state index < -0.39 is 0 Å². The molecule has 0 aromatic heterocycles. The molecule has 1 aliphatic heterocycles. The summed E-state index contributed by atoms with van der Waals surface area (Å²) < 4.78 is 5.48. The van der Waals surface area contributed by atoms with Crippen LogP contribution >= 0.6 is 0 Å². The molecule has 0 aliphatic carbocycles. The number of benzene rings is 1. The maximum Gasteiger partial charge on any atom is 0.224 e. The summed E-state index contributed by atoms with van der Waals surface area (Å²) >= 11 is 0. The van der Waals surface area contributed by atoms with Gasteiger partial charge in [0.2, 0.25) is 5.91 Å². The first-order valence-electron chi connectivity index (χ1n) is 6.39. The first kappa shape index (κ1) is 13.1. The van der Waals surface area contributed by atoms with Crippen LogP contribution in [0, 0.1) is 0 Å². The molecule has 1 aliphatic rings. The fourth-order valence-corrected chi connectivity index (χ4v) is 2.08. The van der Waals surface area contributed by atoms with E-state index in [2.05, 4.69) is 5.32 Å². The highest BCUT2D eigenvalue weighted by atomic mass is 16.5. The highest BCUT2D eigenvalue weighted by Gasteiger charge is 2.16. The summed E-state index contributed by atoms with van der Waals surface area (Å²) in [6, 6.07) is 7.20. The second-order valence-corrected chi connectivity index (χ2v) is 4.58. The van der Waals surface area contributed by atoms with Crippen LogP contribution in [0.5, 0.6) is 0 Å². The second kappa shape index (κ2) is 6.52. The largest absolute Gasteiger partial charge is 0.392 e. The molecule has 0 bridgehead atoms. The number of aliphatic hydroxyl groups is 1. The minimum absolute atomic E-state index is 0.0160. The quantitative estimate of drug-likeness (QED) is 0.840. The van der Waals surface area contributed by atoms with Gasteiger partial charge in [0.05, 0.1) is 12.7 Å². The van der Waals surface area contributed by atoms with E-state index in [0.29, 0.717) is 6.42 Å². The van der Waals surface area contributed by atoms with Crippen molar-refractivity contribution in [3.63, 3.8) is 0 Å². The number of hydrogen-bond donors (Lipinski definition) is 2. The molecule has 2 N–H and O–H groups in total. The van der Waals surface area contributed by atoms with Crippen molar-refractivity contribution in [2.75, 3.05) is 11.9 Å². The van der Waals surface area contributed by atoms with Gasteiger partial charge in [-0.15, -0.1) is 0 Å². The second-order valence-electron chi connectivity index (χ2n) is 4.58. The first-order valence-corrected chi connectivity index (χ1v) is 6.39. The van der Waals surface area contributed by atoms with E-state index in [1.807, 2.05) is 0 Å². The number of nitrogens with one attached hydrogen (secondary N) is 1. The van der Waals surface area contributed by atoms with Gasteiger partial charge in [-0.2, -0.15) is 0 Å². The van der Waals surface area contributed by atoms with Crippen molar-refractivity contribution in [3.8, 4) is 0 Å². The van der Waals surface area contributed by atoms with E-state index in [-0.39, 0.29) is 18.6 Å². The van der Waals surface area contributed by atoms with Gasteiger partial charge in [-0.1, -0.05) is 12.1 Å². The molecule has 18 heavy (non-hydrogen) atoms. The van der Waals surface area contributed by atoms with E-state index in [1.165, 1.54) is 0 Å². The zero-order valence-electron chi connectivity index (χ0n) is 10.4. The molecule has 0 spiro atoms. The summed E-state index contributed by atoms with van der Waals surface area (Å²) in [6.45, 7) is 0.849. The van der Waals surface area contributed by atoms with Crippen molar-refractivity contribution < 1.29 is 14.6 Å². The summed E-state index contributed by atoms with van der Waals surface area (Å²) in [5.41, 5.74) is 1.61. The SMILES string of the molecule is O=C(CCC1CCCO1)Nc1ccc(CO)cc1. The van der Waals surface area contributed by atoms with Gasteiger partial charge in [-0.05, 0) is 37.0 Å². The molecular weight excluding hydrogens is 230 g/mol. The summed E-state index contributed by atoms with van der Waals surface area (Å²) in [5.74, 6) is 0.0160. The number of aliphatic hydroxyl groups excluding tert-OH is 1. The van der Waals surface area contributed by atoms with Gasteiger partial charge in [0.15, 0.2) is 0 Å². The number of hydrogen-bond acceptors (Lipinski definition) is 3. The maximum atomic E-state index is 11.7. The zero-order valence-corrected chi connectivity index (χ0v) is 10.4. The molecule has 4 heteroatoms. The normalized spacial score (nSPS) is 18.8. The lowest BCUT2D eigenvalue weighted by molar-refractivity contribution is -0.116. The molecule has 1 heterocycles. The van der Waals surface area contributed by atoms with Crippen molar-refractivity contribution in [1.82, 2.24) is 0 Å². The Morgan fingerprint density at radius 2 is 2.17 bits per heavy atom. The summed E-state index contributed by atoms with van der Waals surface area (Å²) in [7, 11) is 0. The third kappa shape index (κ3) is 3.82. The van der Waals surface area contributed by atoms with E-state index >= 15 is 0 Å². The van der Waals surface area contributed by atoms with Crippen LogP contribution in [0.15, 0.2) is 24.3 Å². The molecule has 0 saturated carbocycles. The topological polar surface area (TPSA) is 58.6 Å². The molecule has 1 saturated heterocycles. The standard InChI is InChI=1S/C14H19NO3/c16-10-11-3-5-12(6-4-11)15-14(17)8-7-13-2-1-9-18-13/h3-6,13,16H,1-2,7-10H2,(H,15,17). The van der Waals surface area contributed by atoms with Crippen LogP contribution < -0.4 is 5.32 Å². The summed E-state index contributed by atoms with van der Waals surface area (Å²) in [6.07, 6.45) is 3.72. The molecule has 1 unspecified atom stereocenters. The van der Waals surface area contributed by atoms with Gasteiger partial charge in [0.1, 0.15) is 0 Å². The minimum Gasteiger partial charge on any atom is -0.392 e. The first-order chi connectivity index (χ1) is 8.78.